The van der Waals surface area contributed by atoms with Crippen LogP contribution in [0.4, 0.5) is 13.2 Å². The Labute approximate surface area is 108 Å². The van der Waals surface area contributed by atoms with Crippen molar-refractivity contribution in [2.24, 2.45) is 0 Å². The topological polar surface area (TPSA) is 26.3 Å². The summed E-state index contributed by atoms with van der Waals surface area (Å²) < 4.78 is 46.0. The smallest absolute Gasteiger partial charge is 0.307 e. The molecule has 2 rings (SSSR count). The molecule has 0 amide bonds. The SMILES string of the molecule is C=C(F)[C@H]1OC(=O)C[C@](C)(c2ccccc2F)[C@H]1F. The van der Waals surface area contributed by atoms with Crippen LogP contribution in [-0.4, -0.2) is 18.2 Å². The third-order valence-electron chi connectivity index (χ3n) is 3.44. The highest BCUT2D eigenvalue weighted by atomic mass is 19.1. The van der Waals surface area contributed by atoms with Gasteiger partial charge in [0.25, 0.3) is 0 Å². The Morgan fingerprint density at radius 3 is 2.68 bits per heavy atom. The zero-order valence-electron chi connectivity index (χ0n) is 10.3. The standard InChI is InChI=1S/C14H13F3O2/c1-8(15)12-13(17)14(2,7-11(18)19-12)9-5-3-4-6-10(9)16/h3-6,12-13H,1,7H2,2H3/t12-,13+,14-/m1/s1. The normalized spacial score (nSPS) is 30.8. The van der Waals surface area contributed by atoms with Crippen LogP contribution in [0.5, 0.6) is 0 Å². The van der Waals surface area contributed by atoms with E-state index in [9.17, 15) is 18.0 Å². The Hall–Kier alpha value is -1.78. The lowest BCUT2D eigenvalue weighted by Crippen LogP contribution is -2.50. The lowest BCUT2D eigenvalue weighted by atomic mass is 9.72. The van der Waals surface area contributed by atoms with Crippen molar-refractivity contribution < 1.29 is 22.7 Å². The van der Waals surface area contributed by atoms with Gasteiger partial charge in [-0.3, -0.25) is 4.79 Å². The van der Waals surface area contributed by atoms with Crippen LogP contribution in [0.1, 0.15) is 18.9 Å². The highest BCUT2D eigenvalue weighted by Gasteiger charge is 2.51. The summed E-state index contributed by atoms with van der Waals surface area (Å²) in [5, 5.41) is 0. The molecule has 1 aromatic rings. The van der Waals surface area contributed by atoms with Gasteiger partial charge >= 0.3 is 5.97 Å². The first kappa shape index (κ1) is 13.6. The van der Waals surface area contributed by atoms with Gasteiger partial charge in [0.2, 0.25) is 0 Å². The number of hydrogen-bond acceptors (Lipinski definition) is 2. The number of alkyl halides is 1. The Kier molecular flexibility index (Phi) is 3.39. The summed E-state index contributed by atoms with van der Waals surface area (Å²) >= 11 is 0. The van der Waals surface area contributed by atoms with E-state index in [0.29, 0.717) is 0 Å². The number of benzene rings is 1. The molecule has 1 aliphatic heterocycles. The maximum Gasteiger partial charge on any atom is 0.307 e. The van der Waals surface area contributed by atoms with Crippen molar-refractivity contribution in [2.75, 3.05) is 0 Å². The lowest BCUT2D eigenvalue weighted by molar-refractivity contribution is -0.164. The summed E-state index contributed by atoms with van der Waals surface area (Å²) in [5.41, 5.74) is -1.44. The minimum atomic E-state index is -1.89. The van der Waals surface area contributed by atoms with Gasteiger partial charge in [-0.05, 0) is 11.6 Å². The van der Waals surface area contributed by atoms with E-state index in [-0.39, 0.29) is 12.0 Å². The van der Waals surface area contributed by atoms with Crippen molar-refractivity contribution in [2.45, 2.75) is 31.0 Å². The third-order valence-corrected chi connectivity index (χ3v) is 3.44. The number of halogens is 3. The van der Waals surface area contributed by atoms with E-state index in [1.54, 1.807) is 0 Å². The molecule has 0 spiro atoms. The van der Waals surface area contributed by atoms with Gasteiger partial charge in [-0.15, -0.1) is 0 Å². The van der Waals surface area contributed by atoms with Gasteiger partial charge in [0, 0.05) is 5.41 Å². The van der Waals surface area contributed by atoms with E-state index < -0.39 is 35.3 Å². The second kappa shape index (κ2) is 4.72. The molecule has 0 unspecified atom stereocenters. The third kappa shape index (κ3) is 2.25. The molecular weight excluding hydrogens is 257 g/mol. The molecular formula is C14H13F3O2. The summed E-state index contributed by atoms with van der Waals surface area (Å²) in [6.45, 7) is 4.35. The van der Waals surface area contributed by atoms with Gasteiger partial charge in [0.15, 0.2) is 12.3 Å². The van der Waals surface area contributed by atoms with Gasteiger partial charge in [0.1, 0.15) is 11.6 Å². The van der Waals surface area contributed by atoms with E-state index >= 15 is 0 Å². The summed E-state index contributed by atoms with van der Waals surface area (Å²) in [7, 11) is 0. The second-order valence-corrected chi connectivity index (χ2v) is 4.83. The predicted molar refractivity (Wildman–Crippen MR) is 63.4 cm³/mol. The first-order chi connectivity index (χ1) is 8.86. The van der Waals surface area contributed by atoms with Crippen molar-refractivity contribution in [3.8, 4) is 0 Å². The first-order valence-corrected chi connectivity index (χ1v) is 5.79. The molecule has 3 atom stereocenters. The van der Waals surface area contributed by atoms with Crippen molar-refractivity contribution in [3.63, 3.8) is 0 Å². The maximum absolute atomic E-state index is 14.4. The Morgan fingerprint density at radius 1 is 1.47 bits per heavy atom. The molecule has 19 heavy (non-hydrogen) atoms. The zero-order chi connectivity index (χ0) is 14.2. The first-order valence-electron chi connectivity index (χ1n) is 5.79. The minimum Gasteiger partial charge on any atom is -0.452 e. The van der Waals surface area contributed by atoms with E-state index in [1.165, 1.54) is 31.2 Å². The molecule has 0 aliphatic carbocycles. The average molecular weight is 270 g/mol. The largest absolute Gasteiger partial charge is 0.452 e. The molecule has 1 aromatic carbocycles. The van der Waals surface area contributed by atoms with Gasteiger partial charge in [0.05, 0.1) is 6.42 Å². The van der Waals surface area contributed by atoms with Crippen LogP contribution in [0, 0.1) is 5.82 Å². The molecule has 0 aromatic heterocycles. The van der Waals surface area contributed by atoms with E-state index in [4.69, 9.17) is 0 Å². The molecule has 0 bridgehead atoms. The Morgan fingerprint density at radius 2 is 2.11 bits per heavy atom. The highest BCUT2D eigenvalue weighted by Crippen LogP contribution is 2.42. The van der Waals surface area contributed by atoms with Crippen LogP contribution in [0.3, 0.4) is 0 Å². The van der Waals surface area contributed by atoms with Crippen molar-refractivity contribution >= 4 is 5.97 Å². The molecule has 5 heteroatoms. The summed E-state index contributed by atoms with van der Waals surface area (Å²) in [4.78, 5) is 11.5. The molecule has 0 radical (unpaired) electrons. The van der Waals surface area contributed by atoms with Crippen LogP contribution in [0.25, 0.3) is 0 Å². The zero-order valence-corrected chi connectivity index (χ0v) is 10.3. The molecule has 0 saturated carbocycles. The van der Waals surface area contributed by atoms with Crippen LogP contribution >= 0.6 is 0 Å². The van der Waals surface area contributed by atoms with Crippen LogP contribution in [0.15, 0.2) is 36.7 Å². The second-order valence-electron chi connectivity index (χ2n) is 4.83. The number of hydrogen-bond donors (Lipinski definition) is 0. The van der Waals surface area contributed by atoms with Crippen LogP contribution in [-0.2, 0) is 14.9 Å². The van der Waals surface area contributed by atoms with Crippen LogP contribution < -0.4 is 0 Å². The summed E-state index contributed by atoms with van der Waals surface area (Å²) in [6.07, 6.45) is -3.93. The van der Waals surface area contributed by atoms with Gasteiger partial charge in [-0.25, -0.2) is 13.2 Å². The van der Waals surface area contributed by atoms with Gasteiger partial charge in [-0.2, -0.15) is 0 Å². The highest BCUT2D eigenvalue weighted by molar-refractivity contribution is 5.73. The molecule has 1 heterocycles. The molecule has 102 valence electrons. The number of cyclic esters (lactones) is 1. The molecule has 1 fully saturated rings. The minimum absolute atomic E-state index is 0.0328. The predicted octanol–water partition coefficient (Wildman–Crippen LogP) is 3.22. The summed E-state index contributed by atoms with van der Waals surface area (Å²) in [6, 6.07) is 5.56. The molecule has 1 saturated heterocycles. The average Bonchev–Trinajstić information content (AvgIpc) is 2.34. The van der Waals surface area contributed by atoms with Gasteiger partial charge < -0.3 is 4.74 Å². The van der Waals surface area contributed by atoms with Gasteiger partial charge in [-0.1, -0.05) is 31.7 Å². The Balaban J connectivity index is 2.49. The molecule has 2 nitrogen and oxygen atoms in total. The molecule has 0 N–H and O–H groups in total. The van der Waals surface area contributed by atoms with Crippen molar-refractivity contribution in [3.05, 3.63) is 48.1 Å². The summed E-state index contributed by atoms with van der Waals surface area (Å²) in [5.74, 6) is -2.49. The van der Waals surface area contributed by atoms with E-state index in [0.717, 1.165) is 0 Å². The number of carbonyl (C=O) groups is 1. The number of rotatable bonds is 2. The monoisotopic (exact) mass is 270 g/mol. The van der Waals surface area contributed by atoms with E-state index in [1.807, 2.05) is 0 Å². The van der Waals surface area contributed by atoms with Crippen molar-refractivity contribution in [1.82, 2.24) is 0 Å². The number of ether oxygens (including phenoxy) is 1. The Bertz CT molecular complexity index is 529. The fraction of sp³-hybridized carbons (Fsp3) is 0.357. The quantitative estimate of drug-likeness (QED) is 0.771. The van der Waals surface area contributed by atoms with Crippen LogP contribution in [0.2, 0.25) is 0 Å². The fourth-order valence-electron chi connectivity index (χ4n) is 2.37. The molecule has 1 aliphatic rings. The number of esters is 1. The maximum atomic E-state index is 14.4. The lowest BCUT2D eigenvalue weighted by Gasteiger charge is -2.40. The number of carbonyl (C=O) groups excluding carboxylic acids is 1. The van der Waals surface area contributed by atoms with E-state index in [2.05, 4.69) is 11.3 Å². The fourth-order valence-corrected chi connectivity index (χ4v) is 2.37. The van der Waals surface area contributed by atoms with Crippen molar-refractivity contribution in [1.29, 1.82) is 0 Å².